The lowest BCUT2D eigenvalue weighted by atomic mass is 9.79. The highest BCUT2D eigenvalue weighted by Crippen LogP contribution is 2.42. The highest BCUT2D eigenvalue weighted by molar-refractivity contribution is 5.93. The van der Waals surface area contributed by atoms with Gasteiger partial charge in [0.1, 0.15) is 11.4 Å². The second kappa shape index (κ2) is 9.47. The molecule has 2 aromatic rings. The minimum atomic E-state index is -2.73. The number of aryl methyl sites for hydroxylation is 1. The summed E-state index contributed by atoms with van der Waals surface area (Å²) in [5, 5.41) is 6.89. The van der Waals surface area contributed by atoms with E-state index in [-0.39, 0.29) is 18.1 Å². The number of methoxy groups -OCH3 is 1. The third kappa shape index (κ3) is 4.41. The Morgan fingerprint density at radius 2 is 1.94 bits per heavy atom. The van der Waals surface area contributed by atoms with E-state index in [9.17, 15) is 13.6 Å². The highest BCUT2D eigenvalue weighted by atomic mass is 19.3. The summed E-state index contributed by atoms with van der Waals surface area (Å²) in [4.78, 5) is 22.9. The van der Waals surface area contributed by atoms with Crippen LogP contribution < -0.4 is 4.74 Å². The summed E-state index contributed by atoms with van der Waals surface area (Å²) in [5.74, 6) is 0.473. The topological polar surface area (TPSA) is 81.0 Å². The van der Waals surface area contributed by atoms with Crippen LogP contribution >= 0.6 is 0 Å². The van der Waals surface area contributed by atoms with Crippen LogP contribution in [0.4, 0.5) is 8.78 Å². The number of piperidine rings is 1. The maximum Gasteiger partial charge on any atom is 0.319 e. The van der Waals surface area contributed by atoms with Crippen LogP contribution in [0.3, 0.4) is 0 Å². The van der Waals surface area contributed by atoms with E-state index in [2.05, 4.69) is 12.1 Å². The van der Waals surface area contributed by atoms with E-state index in [4.69, 9.17) is 19.4 Å². The van der Waals surface area contributed by atoms with Crippen molar-refractivity contribution in [3.63, 3.8) is 0 Å². The van der Waals surface area contributed by atoms with Crippen molar-refractivity contribution in [3.8, 4) is 5.75 Å². The van der Waals surface area contributed by atoms with E-state index in [0.29, 0.717) is 38.2 Å². The molecule has 0 aliphatic carbocycles. The number of ether oxygens (including phenoxy) is 2. The summed E-state index contributed by atoms with van der Waals surface area (Å²) >= 11 is 0. The Morgan fingerprint density at radius 1 is 1.26 bits per heavy atom. The zero-order valence-electron chi connectivity index (χ0n) is 17.5. The third-order valence-electron chi connectivity index (χ3n) is 5.95. The monoisotopic (exact) mass is 436 g/mol. The summed E-state index contributed by atoms with van der Waals surface area (Å²) in [6.45, 7) is 0.167. The van der Waals surface area contributed by atoms with Crippen molar-refractivity contribution in [1.82, 2.24) is 9.47 Å². The number of nitrogens with zero attached hydrogens (tertiary/aromatic N) is 2. The van der Waals surface area contributed by atoms with Crippen molar-refractivity contribution >= 4 is 12.4 Å². The van der Waals surface area contributed by atoms with Gasteiger partial charge in [0.2, 0.25) is 0 Å². The van der Waals surface area contributed by atoms with Crippen molar-refractivity contribution < 1.29 is 33.0 Å². The van der Waals surface area contributed by atoms with Crippen LogP contribution in [-0.4, -0.2) is 53.8 Å². The third-order valence-corrected chi connectivity index (χ3v) is 5.95. The molecule has 1 N–H and O–H groups in total. The molecule has 2 aliphatic rings. The SMILES string of the molecule is COc1ccc2c(c1)CCOC21CCN(C(=O)c2ccc(C)n2C(F)F)CC1.O=CO. The molecule has 2 aliphatic heterocycles. The Morgan fingerprint density at radius 3 is 2.55 bits per heavy atom. The van der Waals surface area contributed by atoms with Crippen LogP contribution in [-0.2, 0) is 21.6 Å². The summed E-state index contributed by atoms with van der Waals surface area (Å²) in [6.07, 6.45) is 2.12. The standard InChI is InChI=1S/C21H24F2N2O3.CH2O2/c1-14-3-6-18(25(14)20(22)23)19(26)24-10-8-21(9-11-24)17-5-4-16(27-2)13-15(17)7-12-28-21;2-1-3/h3-6,13,20H,7-12H2,1-2H3;1H,(H,2,3). The fraction of sp³-hybridized carbons (Fsp3) is 0.455. The number of halogens is 2. The normalized spacial score (nSPS) is 17.0. The molecule has 0 bridgehead atoms. The number of hydrogen-bond donors (Lipinski definition) is 1. The molecule has 3 heterocycles. The lowest BCUT2D eigenvalue weighted by Crippen LogP contribution is -2.48. The van der Waals surface area contributed by atoms with E-state index < -0.39 is 12.2 Å². The number of hydrogen-bond acceptors (Lipinski definition) is 4. The van der Waals surface area contributed by atoms with Gasteiger partial charge in [0.25, 0.3) is 12.4 Å². The number of carbonyl (C=O) groups is 2. The molecule has 168 valence electrons. The number of alkyl halides is 2. The second-order valence-corrected chi connectivity index (χ2v) is 7.52. The van der Waals surface area contributed by atoms with Gasteiger partial charge in [0, 0.05) is 18.8 Å². The van der Waals surface area contributed by atoms with Gasteiger partial charge in [0.05, 0.1) is 19.3 Å². The largest absolute Gasteiger partial charge is 0.497 e. The lowest BCUT2D eigenvalue weighted by Gasteiger charge is -2.45. The first-order valence-electron chi connectivity index (χ1n) is 10.0. The predicted octanol–water partition coefficient (Wildman–Crippen LogP) is 3.61. The van der Waals surface area contributed by atoms with Gasteiger partial charge in [-0.2, -0.15) is 8.78 Å². The second-order valence-electron chi connectivity index (χ2n) is 7.52. The maximum atomic E-state index is 13.3. The van der Waals surface area contributed by atoms with Gasteiger partial charge in [-0.25, -0.2) is 0 Å². The molecule has 7 nitrogen and oxygen atoms in total. The Kier molecular flexibility index (Phi) is 6.94. The van der Waals surface area contributed by atoms with Crippen LogP contribution in [0.2, 0.25) is 0 Å². The van der Waals surface area contributed by atoms with Crippen molar-refractivity contribution in [3.05, 3.63) is 52.8 Å². The van der Waals surface area contributed by atoms with Gasteiger partial charge >= 0.3 is 6.55 Å². The minimum absolute atomic E-state index is 0.0400. The molecule has 0 atom stereocenters. The molecule has 1 fully saturated rings. The predicted molar refractivity (Wildman–Crippen MR) is 109 cm³/mol. The molecule has 1 spiro atoms. The van der Waals surface area contributed by atoms with Crippen LogP contribution in [0.1, 0.15) is 46.7 Å². The highest BCUT2D eigenvalue weighted by Gasteiger charge is 2.42. The zero-order valence-corrected chi connectivity index (χ0v) is 17.5. The molecule has 1 saturated heterocycles. The fourth-order valence-electron chi connectivity index (χ4n) is 4.41. The first-order chi connectivity index (χ1) is 14.9. The number of amides is 1. The molecular weight excluding hydrogens is 410 g/mol. The maximum absolute atomic E-state index is 13.3. The number of rotatable bonds is 3. The van der Waals surface area contributed by atoms with E-state index in [0.717, 1.165) is 22.3 Å². The first-order valence-corrected chi connectivity index (χ1v) is 10.0. The Labute approximate surface area is 179 Å². The number of carboxylic acid groups (broad SMARTS) is 1. The molecule has 9 heteroatoms. The van der Waals surface area contributed by atoms with Gasteiger partial charge in [-0.05, 0) is 61.6 Å². The van der Waals surface area contributed by atoms with Gasteiger partial charge in [-0.15, -0.1) is 0 Å². The van der Waals surface area contributed by atoms with Crippen molar-refractivity contribution in [2.45, 2.75) is 38.3 Å². The van der Waals surface area contributed by atoms with E-state index >= 15 is 0 Å². The minimum Gasteiger partial charge on any atom is -0.497 e. The summed E-state index contributed by atoms with van der Waals surface area (Å²) < 4.78 is 39.0. The number of likely N-dealkylation sites (tertiary alicyclic amines) is 1. The smallest absolute Gasteiger partial charge is 0.319 e. The Hall–Kier alpha value is -2.94. The van der Waals surface area contributed by atoms with Crippen molar-refractivity contribution in [2.75, 3.05) is 26.8 Å². The van der Waals surface area contributed by atoms with Gasteiger partial charge in [-0.1, -0.05) is 6.07 Å². The Bertz CT molecular complexity index is 936. The summed E-state index contributed by atoms with van der Waals surface area (Å²) in [5.41, 5.74) is 2.37. The van der Waals surface area contributed by atoms with Crippen molar-refractivity contribution in [1.29, 1.82) is 0 Å². The molecule has 1 amide bonds. The molecule has 4 rings (SSSR count). The average molecular weight is 436 g/mol. The number of benzene rings is 1. The zero-order chi connectivity index (χ0) is 22.6. The van der Waals surface area contributed by atoms with Gasteiger partial charge < -0.3 is 19.5 Å². The number of aromatic nitrogens is 1. The van der Waals surface area contributed by atoms with Gasteiger partial charge in [0.15, 0.2) is 0 Å². The van der Waals surface area contributed by atoms with Crippen LogP contribution in [0.25, 0.3) is 0 Å². The Balaban J connectivity index is 0.000000858. The number of fused-ring (bicyclic) bond motifs is 2. The quantitative estimate of drug-likeness (QED) is 0.744. The average Bonchev–Trinajstić information content (AvgIpc) is 3.16. The van der Waals surface area contributed by atoms with Crippen LogP contribution in [0.5, 0.6) is 5.75 Å². The molecule has 0 radical (unpaired) electrons. The van der Waals surface area contributed by atoms with Crippen LogP contribution in [0, 0.1) is 6.92 Å². The van der Waals surface area contributed by atoms with Crippen LogP contribution in [0.15, 0.2) is 30.3 Å². The van der Waals surface area contributed by atoms with E-state index in [1.165, 1.54) is 11.6 Å². The summed E-state index contributed by atoms with van der Waals surface area (Å²) in [6, 6.07) is 9.07. The van der Waals surface area contributed by atoms with E-state index in [1.807, 2.05) is 6.07 Å². The first kappa shape index (κ1) is 22.7. The molecule has 1 aromatic carbocycles. The lowest BCUT2D eigenvalue weighted by molar-refractivity contribution is -0.122. The fourth-order valence-corrected chi connectivity index (χ4v) is 4.41. The molecule has 0 unspecified atom stereocenters. The molecule has 0 saturated carbocycles. The van der Waals surface area contributed by atoms with Gasteiger partial charge in [-0.3, -0.25) is 14.2 Å². The molecule has 31 heavy (non-hydrogen) atoms. The summed E-state index contributed by atoms with van der Waals surface area (Å²) in [7, 11) is 1.65. The van der Waals surface area contributed by atoms with E-state index in [1.54, 1.807) is 25.0 Å². The van der Waals surface area contributed by atoms with Crippen molar-refractivity contribution in [2.24, 2.45) is 0 Å². The molecular formula is C22H26F2N2O5. The number of carbonyl (C=O) groups excluding carboxylic acids is 1. The molecule has 1 aromatic heterocycles.